The molecule has 3 fully saturated rings. The van der Waals surface area contributed by atoms with E-state index in [0.717, 1.165) is 60.9 Å². The van der Waals surface area contributed by atoms with Gasteiger partial charge in [-0.1, -0.05) is 30.3 Å². The fourth-order valence-corrected chi connectivity index (χ4v) is 8.68. The topological polar surface area (TPSA) is 204 Å². The number of carboxylic acids is 1. The Morgan fingerprint density at radius 3 is 2.27 bits per heavy atom. The highest BCUT2D eigenvalue weighted by Gasteiger charge is 2.65. The van der Waals surface area contributed by atoms with Crippen molar-refractivity contribution in [2.45, 2.75) is 88.3 Å². The minimum Gasteiger partial charge on any atom is -0.477 e. The molecule has 4 unspecified atom stereocenters. The quantitative estimate of drug-likeness (QED) is 0.0794. The van der Waals surface area contributed by atoms with E-state index in [-0.39, 0.29) is 41.4 Å². The number of benzene rings is 3. The van der Waals surface area contributed by atoms with E-state index in [2.05, 4.69) is 31.3 Å². The van der Waals surface area contributed by atoms with Crippen molar-refractivity contribution < 1.29 is 41.8 Å². The summed E-state index contributed by atoms with van der Waals surface area (Å²) >= 11 is 0. The number of halogens is 4. The number of nitrogens with zero attached hydrogens (tertiary/aromatic N) is 2. The third-order valence-electron chi connectivity index (χ3n) is 12.3. The van der Waals surface area contributed by atoms with Gasteiger partial charge in [-0.15, -0.1) is 0 Å². The molecular weight excluding hydrogens is 785 g/mol. The average molecular weight is 833 g/mol. The summed E-state index contributed by atoms with van der Waals surface area (Å²) in [6, 6.07) is 18.5. The van der Waals surface area contributed by atoms with Crippen molar-refractivity contribution in [2.75, 3.05) is 18.4 Å². The smallest absolute Gasteiger partial charge is 0.411 e. The SMILES string of the molecule is Cc1cc(C(=O)NC2CCC3NCCC32)ccc1-c1ccc(CC(NC(=O)C2CCC(CN)CC2)C(=O)Nc2ccc(-c3n[nH]c(C(F)(F)C(F)(F)C(=O)O)n3)cc2)cc1. The number of hydrogen-bond acceptors (Lipinski definition) is 8. The molecule has 2 saturated carbocycles. The Labute approximate surface area is 343 Å². The highest BCUT2D eigenvalue weighted by Crippen LogP contribution is 2.42. The van der Waals surface area contributed by atoms with Gasteiger partial charge in [-0.3, -0.25) is 19.5 Å². The van der Waals surface area contributed by atoms with Crippen LogP contribution < -0.4 is 27.0 Å². The molecule has 7 rings (SSSR count). The van der Waals surface area contributed by atoms with E-state index in [1.165, 1.54) is 24.3 Å². The van der Waals surface area contributed by atoms with Crippen molar-refractivity contribution in [3.8, 4) is 22.5 Å². The fourth-order valence-electron chi connectivity index (χ4n) is 8.68. The molecule has 1 aliphatic heterocycles. The Balaban J connectivity index is 1.03. The third kappa shape index (κ3) is 8.92. The van der Waals surface area contributed by atoms with Gasteiger partial charge in [0.25, 0.3) is 5.91 Å². The standard InChI is InChI=1S/C43H48F4N8O5/c1-23-20-29(38(57)51-34-17-16-33-32(34)18-19-49-33)12-15-31(23)26-6-2-24(3-7-26)21-35(52-37(56)28-8-4-25(22-48)5-9-28)39(58)50-30-13-10-27(11-14-30)36-53-40(55-54-36)42(44,45)43(46,47)41(59)60/h2-3,6-7,10-15,20,25,28,32-35,49H,4-5,8-9,16-19,21-22,48H2,1H3,(H,50,58)(H,51,57)(H,52,56)(H,59,60)(H,53,54,55). The molecular formula is C43H48F4N8O5. The predicted octanol–water partition coefficient (Wildman–Crippen LogP) is 5.56. The second-order valence-electron chi connectivity index (χ2n) is 16.1. The lowest BCUT2D eigenvalue weighted by molar-refractivity contribution is -0.231. The zero-order valence-corrected chi connectivity index (χ0v) is 32.9. The van der Waals surface area contributed by atoms with E-state index >= 15 is 0 Å². The predicted molar refractivity (Wildman–Crippen MR) is 214 cm³/mol. The summed E-state index contributed by atoms with van der Waals surface area (Å²) in [6.07, 6.45) is 6.21. The lowest BCUT2D eigenvalue weighted by Crippen LogP contribution is -2.48. The number of aryl methyl sites for hydroxylation is 1. The third-order valence-corrected chi connectivity index (χ3v) is 12.3. The van der Waals surface area contributed by atoms with Crippen LogP contribution in [0.4, 0.5) is 23.2 Å². The summed E-state index contributed by atoms with van der Waals surface area (Å²) in [6.45, 7) is 3.50. The summed E-state index contributed by atoms with van der Waals surface area (Å²) in [5.74, 6) is -15.9. The number of anilines is 1. The largest absolute Gasteiger partial charge is 0.477 e. The Hall–Kier alpha value is -5.68. The molecule has 3 aromatic carbocycles. The molecule has 1 aromatic heterocycles. The Bertz CT molecular complexity index is 2210. The summed E-state index contributed by atoms with van der Waals surface area (Å²) in [7, 11) is 0. The number of aromatic amines is 1. The van der Waals surface area contributed by atoms with Gasteiger partial charge in [-0.05, 0) is 135 Å². The fraction of sp³-hybridized carbons (Fsp3) is 0.442. The zero-order valence-electron chi connectivity index (χ0n) is 32.9. The van der Waals surface area contributed by atoms with E-state index in [1.807, 2.05) is 49.4 Å². The van der Waals surface area contributed by atoms with Crippen molar-refractivity contribution in [1.82, 2.24) is 31.1 Å². The Kier molecular flexibility index (Phi) is 12.4. The number of amides is 3. The maximum atomic E-state index is 14.3. The number of fused-ring (bicyclic) bond motifs is 1. The molecule has 318 valence electrons. The maximum absolute atomic E-state index is 14.3. The molecule has 2 aliphatic carbocycles. The van der Waals surface area contributed by atoms with Crippen molar-refractivity contribution in [3.63, 3.8) is 0 Å². The van der Waals surface area contributed by atoms with Gasteiger partial charge >= 0.3 is 17.8 Å². The van der Waals surface area contributed by atoms with Gasteiger partial charge in [0, 0.05) is 41.2 Å². The van der Waals surface area contributed by atoms with Gasteiger partial charge in [0.2, 0.25) is 17.6 Å². The van der Waals surface area contributed by atoms with Crippen LogP contribution in [0.2, 0.25) is 0 Å². The highest BCUT2D eigenvalue weighted by atomic mass is 19.3. The normalized spacial score (nSPS) is 22.1. The number of carboxylic acid groups (broad SMARTS) is 1. The molecule has 0 bridgehead atoms. The lowest BCUT2D eigenvalue weighted by atomic mass is 9.81. The number of hydrogen-bond donors (Lipinski definition) is 7. The molecule has 3 aliphatic rings. The number of nitrogens with two attached hydrogens (primary N) is 1. The Morgan fingerprint density at radius 2 is 1.60 bits per heavy atom. The van der Waals surface area contributed by atoms with Crippen molar-refractivity contribution >= 4 is 29.4 Å². The average Bonchev–Trinajstić information content (AvgIpc) is 4.01. The zero-order chi connectivity index (χ0) is 42.8. The summed E-state index contributed by atoms with van der Waals surface area (Å²) in [5.41, 5.74) is 10.4. The van der Waals surface area contributed by atoms with Crippen LogP contribution in [-0.4, -0.2) is 81.1 Å². The van der Waals surface area contributed by atoms with Crippen LogP contribution in [-0.2, 0) is 26.7 Å². The van der Waals surface area contributed by atoms with Gasteiger partial charge in [0.1, 0.15) is 6.04 Å². The van der Waals surface area contributed by atoms with Gasteiger partial charge in [-0.25, -0.2) is 9.78 Å². The molecule has 4 atom stereocenters. The van der Waals surface area contributed by atoms with Crippen LogP contribution >= 0.6 is 0 Å². The molecule has 17 heteroatoms. The lowest BCUT2D eigenvalue weighted by Gasteiger charge is -2.28. The van der Waals surface area contributed by atoms with Crippen LogP contribution in [0.15, 0.2) is 66.7 Å². The van der Waals surface area contributed by atoms with Crippen LogP contribution in [0.25, 0.3) is 22.5 Å². The number of alkyl halides is 4. The molecule has 13 nitrogen and oxygen atoms in total. The summed E-state index contributed by atoms with van der Waals surface area (Å²) in [5, 5.41) is 26.3. The van der Waals surface area contributed by atoms with E-state index < -0.39 is 41.4 Å². The summed E-state index contributed by atoms with van der Waals surface area (Å²) in [4.78, 5) is 54.7. The molecule has 0 spiro atoms. The van der Waals surface area contributed by atoms with Gasteiger partial charge in [0.05, 0.1) is 0 Å². The van der Waals surface area contributed by atoms with Crippen LogP contribution in [0.3, 0.4) is 0 Å². The second kappa shape index (κ2) is 17.5. The first-order valence-corrected chi connectivity index (χ1v) is 20.2. The molecule has 8 N–H and O–H groups in total. The minimum absolute atomic E-state index is 0.0763. The van der Waals surface area contributed by atoms with Crippen molar-refractivity contribution in [2.24, 2.45) is 23.5 Å². The molecule has 4 aromatic rings. The first kappa shape index (κ1) is 42.4. The van der Waals surface area contributed by atoms with Crippen LogP contribution in [0.1, 0.15) is 72.3 Å². The van der Waals surface area contributed by atoms with Crippen molar-refractivity contribution in [1.29, 1.82) is 0 Å². The van der Waals surface area contributed by atoms with Gasteiger partial charge < -0.3 is 32.1 Å². The van der Waals surface area contributed by atoms with Crippen LogP contribution in [0, 0.1) is 24.7 Å². The maximum Gasteiger partial charge on any atom is 0.411 e. The number of H-pyrrole nitrogens is 1. The number of nitrogens with one attached hydrogen (secondary N) is 5. The van der Waals surface area contributed by atoms with E-state index in [4.69, 9.17) is 10.8 Å². The number of aliphatic carboxylic acids is 1. The first-order chi connectivity index (χ1) is 28.6. The molecule has 1 saturated heterocycles. The van der Waals surface area contributed by atoms with E-state index in [9.17, 15) is 36.7 Å². The number of carbonyl (C=O) groups is 4. The molecule has 3 amide bonds. The monoisotopic (exact) mass is 832 g/mol. The Morgan fingerprint density at radius 1 is 0.900 bits per heavy atom. The van der Waals surface area contributed by atoms with Crippen molar-refractivity contribution in [3.05, 3.63) is 89.2 Å². The van der Waals surface area contributed by atoms with Crippen LogP contribution in [0.5, 0.6) is 0 Å². The van der Waals surface area contributed by atoms with Gasteiger partial charge in [0.15, 0.2) is 5.82 Å². The van der Waals surface area contributed by atoms with E-state index in [0.29, 0.717) is 42.8 Å². The van der Waals surface area contributed by atoms with Gasteiger partial charge in [-0.2, -0.15) is 22.7 Å². The number of rotatable bonds is 14. The second-order valence-corrected chi connectivity index (χ2v) is 16.1. The first-order valence-electron chi connectivity index (χ1n) is 20.2. The molecule has 0 radical (unpaired) electrons. The summed E-state index contributed by atoms with van der Waals surface area (Å²) < 4.78 is 55.9. The molecule has 2 heterocycles. The minimum atomic E-state index is -5.44. The molecule has 60 heavy (non-hydrogen) atoms. The van der Waals surface area contributed by atoms with E-state index in [1.54, 1.807) is 5.10 Å². The number of carbonyl (C=O) groups excluding carboxylic acids is 3. The highest BCUT2D eigenvalue weighted by molar-refractivity contribution is 5.98. The number of aromatic nitrogens is 3.